The van der Waals surface area contributed by atoms with Crippen molar-refractivity contribution in [3.8, 4) is 0 Å². The van der Waals surface area contributed by atoms with Crippen molar-refractivity contribution in [3.05, 3.63) is 118 Å². The molecule has 5 unspecified atom stereocenters. The molecular formula is C39H30F14N2. The third-order valence-electron chi connectivity index (χ3n) is 11.4. The molecular weight excluding hydrogens is 762 g/mol. The molecule has 3 saturated carbocycles. The largest absolute Gasteiger partial charge is 0.416 e. The van der Waals surface area contributed by atoms with Crippen LogP contribution in [0.1, 0.15) is 59.9 Å². The van der Waals surface area contributed by atoms with E-state index in [0.717, 1.165) is 41.3 Å². The maximum Gasteiger partial charge on any atom is 0.416 e. The SMILES string of the molecule is Cc1cc(N(c2cc(C)cc(C(F)(F)F)c2)C23CC4CC2CCC(N(c2ccc(C(F)(F)F)cc2)c2c(F)c(F)c(F)c(F)c2F)C3C4)cc(C(F)(F)F)c1. The minimum Gasteiger partial charge on any atom is -0.335 e. The van der Waals surface area contributed by atoms with Crippen LogP contribution in [0.4, 0.5) is 84.2 Å². The number of benzene rings is 4. The Balaban J connectivity index is 1.49. The van der Waals surface area contributed by atoms with Gasteiger partial charge >= 0.3 is 18.5 Å². The van der Waals surface area contributed by atoms with Gasteiger partial charge in [0.15, 0.2) is 23.3 Å². The maximum atomic E-state index is 15.8. The van der Waals surface area contributed by atoms with Gasteiger partial charge in [-0.25, -0.2) is 22.0 Å². The first kappa shape index (κ1) is 38.8. The molecule has 3 aliphatic carbocycles. The molecule has 0 radical (unpaired) electrons. The van der Waals surface area contributed by atoms with Crippen LogP contribution in [0.5, 0.6) is 0 Å². The van der Waals surface area contributed by atoms with Crippen molar-refractivity contribution in [3.63, 3.8) is 0 Å². The standard InChI is InChI=1S/C39H30F14N2/c1-18-9-23(38(48,49)50)15-26(11-18)55(27-12-19(2)10-24(16-27)39(51,52)53)36-17-20-13-22(36)5-8-29(28(36)14-20)54(25-6-3-21(4-7-25)37(45,46)47)35-33(43)31(41)30(40)32(42)34(35)44/h3-4,6-7,9-12,15-16,20,22,28-29H,5,8,13-14,17H2,1-2H3. The topological polar surface area (TPSA) is 6.48 Å². The van der Waals surface area contributed by atoms with Crippen LogP contribution >= 0.6 is 0 Å². The van der Waals surface area contributed by atoms with Gasteiger partial charge in [0.25, 0.3) is 0 Å². The summed E-state index contributed by atoms with van der Waals surface area (Å²) in [5.41, 5.74) is -6.67. The van der Waals surface area contributed by atoms with Crippen LogP contribution in [0, 0.1) is 60.7 Å². The van der Waals surface area contributed by atoms with Gasteiger partial charge in [0, 0.05) is 29.0 Å². The summed E-state index contributed by atoms with van der Waals surface area (Å²) in [6.45, 7) is 2.74. The van der Waals surface area contributed by atoms with Gasteiger partial charge in [-0.2, -0.15) is 39.5 Å². The lowest BCUT2D eigenvalue weighted by Gasteiger charge is -2.58. The second kappa shape index (κ2) is 13.0. The van der Waals surface area contributed by atoms with Gasteiger partial charge in [0.05, 0.1) is 22.2 Å². The molecule has 0 saturated heterocycles. The molecule has 0 amide bonds. The summed E-state index contributed by atoms with van der Waals surface area (Å²) in [7, 11) is 0. The quantitative estimate of drug-likeness (QED) is 0.109. The van der Waals surface area contributed by atoms with Crippen molar-refractivity contribution in [2.24, 2.45) is 17.8 Å². The predicted molar refractivity (Wildman–Crippen MR) is 174 cm³/mol. The average Bonchev–Trinajstić information content (AvgIpc) is 3.65. The van der Waals surface area contributed by atoms with Crippen LogP contribution in [0.3, 0.4) is 0 Å². The Bertz CT molecular complexity index is 2050. The molecule has 2 nitrogen and oxygen atoms in total. The molecule has 3 fully saturated rings. The van der Waals surface area contributed by atoms with E-state index in [-0.39, 0.29) is 59.8 Å². The van der Waals surface area contributed by atoms with E-state index in [1.54, 1.807) is 0 Å². The number of alkyl halides is 9. The maximum absolute atomic E-state index is 15.8. The average molecular weight is 793 g/mol. The first-order valence-corrected chi connectivity index (χ1v) is 17.2. The first-order chi connectivity index (χ1) is 25.5. The molecule has 7 rings (SSSR count). The van der Waals surface area contributed by atoms with E-state index >= 15 is 8.78 Å². The number of anilines is 4. The van der Waals surface area contributed by atoms with Crippen molar-refractivity contribution in [1.82, 2.24) is 0 Å². The number of rotatable bonds is 6. The van der Waals surface area contributed by atoms with Gasteiger partial charge in [-0.05, 0) is 130 Å². The highest BCUT2D eigenvalue weighted by Gasteiger charge is 2.66. The van der Waals surface area contributed by atoms with Crippen LogP contribution in [-0.4, -0.2) is 11.6 Å². The van der Waals surface area contributed by atoms with Gasteiger partial charge in [-0.15, -0.1) is 0 Å². The van der Waals surface area contributed by atoms with E-state index in [1.807, 2.05) is 0 Å². The van der Waals surface area contributed by atoms with E-state index < -0.39 is 93.4 Å². The van der Waals surface area contributed by atoms with Gasteiger partial charge in [0.2, 0.25) is 5.82 Å². The van der Waals surface area contributed by atoms with Crippen molar-refractivity contribution in [2.75, 3.05) is 9.80 Å². The van der Waals surface area contributed by atoms with Gasteiger partial charge in [-0.3, -0.25) is 0 Å². The fourth-order valence-electron chi connectivity index (χ4n) is 9.54. The fourth-order valence-corrected chi connectivity index (χ4v) is 9.54. The van der Waals surface area contributed by atoms with Crippen LogP contribution < -0.4 is 9.80 Å². The number of hydrogen-bond acceptors (Lipinski definition) is 2. The minimum atomic E-state index is -4.88. The van der Waals surface area contributed by atoms with Crippen LogP contribution in [0.2, 0.25) is 0 Å². The molecule has 16 heteroatoms. The summed E-state index contributed by atoms with van der Waals surface area (Å²) < 4.78 is 202. The Morgan fingerprint density at radius 3 is 1.49 bits per heavy atom. The molecule has 0 spiro atoms. The number of hydrogen-bond donors (Lipinski definition) is 0. The Hall–Kier alpha value is -4.50. The smallest absolute Gasteiger partial charge is 0.335 e. The third kappa shape index (κ3) is 6.46. The van der Waals surface area contributed by atoms with Gasteiger partial charge in [-0.1, -0.05) is 0 Å². The normalized spacial score (nSPS) is 23.7. The summed E-state index contributed by atoms with van der Waals surface area (Å²) in [6.07, 6.45) is -13.7. The molecule has 2 bridgehead atoms. The Kier molecular flexibility index (Phi) is 9.19. The number of fused-ring (bicyclic) bond motifs is 1. The van der Waals surface area contributed by atoms with E-state index in [4.69, 9.17) is 0 Å². The number of halogens is 14. The lowest BCUT2D eigenvalue weighted by molar-refractivity contribution is -0.138. The number of nitrogens with zero attached hydrogens (tertiary/aromatic N) is 2. The fraction of sp³-hybridized carbons (Fsp3) is 0.385. The van der Waals surface area contributed by atoms with Crippen molar-refractivity contribution in [2.45, 2.75) is 76.1 Å². The molecule has 0 heterocycles. The van der Waals surface area contributed by atoms with E-state index in [2.05, 4.69) is 0 Å². The van der Waals surface area contributed by atoms with Crippen molar-refractivity contribution >= 4 is 22.7 Å². The lowest BCUT2D eigenvalue weighted by atomic mass is 9.62. The second-order valence-electron chi connectivity index (χ2n) is 14.8. The lowest BCUT2D eigenvalue weighted by Crippen LogP contribution is -2.62. The summed E-state index contributed by atoms with van der Waals surface area (Å²) >= 11 is 0. The zero-order valence-corrected chi connectivity index (χ0v) is 28.8. The molecule has 294 valence electrons. The molecule has 55 heavy (non-hydrogen) atoms. The Morgan fingerprint density at radius 1 is 0.545 bits per heavy atom. The summed E-state index contributed by atoms with van der Waals surface area (Å²) in [4.78, 5) is 2.17. The van der Waals surface area contributed by atoms with Crippen molar-refractivity contribution in [1.29, 1.82) is 0 Å². The van der Waals surface area contributed by atoms with Crippen LogP contribution in [0.15, 0.2) is 60.7 Å². The Morgan fingerprint density at radius 2 is 1.02 bits per heavy atom. The number of aryl methyl sites for hydroxylation is 2. The van der Waals surface area contributed by atoms with Crippen molar-refractivity contribution < 1.29 is 61.5 Å². The summed E-state index contributed by atoms with van der Waals surface area (Å²) in [6, 6.07) is 7.56. The second-order valence-corrected chi connectivity index (χ2v) is 14.8. The van der Waals surface area contributed by atoms with E-state index in [0.29, 0.717) is 18.6 Å². The van der Waals surface area contributed by atoms with E-state index in [1.165, 1.54) is 30.9 Å². The molecule has 3 aliphatic rings. The van der Waals surface area contributed by atoms with E-state index in [9.17, 15) is 52.7 Å². The zero-order valence-electron chi connectivity index (χ0n) is 28.8. The third-order valence-corrected chi connectivity index (χ3v) is 11.4. The first-order valence-electron chi connectivity index (χ1n) is 17.2. The molecule has 0 aromatic heterocycles. The minimum absolute atomic E-state index is 0.0264. The predicted octanol–water partition coefficient (Wildman–Crippen LogP) is 13.0. The van der Waals surface area contributed by atoms with Crippen LogP contribution in [-0.2, 0) is 18.5 Å². The zero-order chi connectivity index (χ0) is 40.2. The Labute approximate surface area is 305 Å². The molecule has 0 N–H and O–H groups in total. The molecule has 4 aromatic carbocycles. The van der Waals surface area contributed by atoms with Gasteiger partial charge in [0.1, 0.15) is 5.69 Å². The molecule has 5 atom stereocenters. The van der Waals surface area contributed by atoms with Gasteiger partial charge < -0.3 is 9.80 Å². The molecule has 0 aliphatic heterocycles. The summed E-state index contributed by atoms with van der Waals surface area (Å²) in [5, 5.41) is 0. The molecule has 4 aromatic rings. The highest BCUT2D eigenvalue weighted by Crippen LogP contribution is 2.66. The highest BCUT2D eigenvalue weighted by atomic mass is 19.4. The summed E-state index contributed by atoms with van der Waals surface area (Å²) in [5.74, 6) is -13.3. The highest BCUT2D eigenvalue weighted by molar-refractivity contribution is 5.72. The monoisotopic (exact) mass is 792 g/mol. The van der Waals surface area contributed by atoms with Crippen LogP contribution in [0.25, 0.3) is 0 Å².